The van der Waals surface area contributed by atoms with Gasteiger partial charge in [0.1, 0.15) is 5.15 Å². The maximum atomic E-state index is 11.7. The molecule has 0 aromatic carbocycles. The van der Waals surface area contributed by atoms with Gasteiger partial charge in [-0.3, -0.25) is 4.79 Å². The van der Waals surface area contributed by atoms with Crippen molar-refractivity contribution < 1.29 is 14.6 Å². The molecule has 0 saturated heterocycles. The van der Waals surface area contributed by atoms with Gasteiger partial charge in [0.2, 0.25) is 0 Å². The zero-order valence-electron chi connectivity index (χ0n) is 10.5. The Morgan fingerprint density at radius 1 is 1.63 bits per heavy atom. The van der Waals surface area contributed by atoms with Gasteiger partial charge in [-0.2, -0.15) is 0 Å². The van der Waals surface area contributed by atoms with Gasteiger partial charge in [0.25, 0.3) is 5.91 Å². The van der Waals surface area contributed by atoms with Crippen LogP contribution < -0.4 is 5.32 Å². The second-order valence-corrected chi connectivity index (χ2v) is 5.10. The van der Waals surface area contributed by atoms with Crippen molar-refractivity contribution in [3.8, 4) is 0 Å². The fourth-order valence-corrected chi connectivity index (χ4v) is 1.74. The van der Waals surface area contributed by atoms with E-state index < -0.39 is 6.10 Å². The molecule has 1 aromatic rings. The number of halogens is 1. The van der Waals surface area contributed by atoms with Crippen LogP contribution in [0, 0.1) is 5.92 Å². The summed E-state index contributed by atoms with van der Waals surface area (Å²) >= 11 is 5.70. The molecule has 5 nitrogen and oxygen atoms in total. The Kier molecular flexibility index (Phi) is 5.13. The summed E-state index contributed by atoms with van der Waals surface area (Å²) in [5.74, 6) is 0.381. The molecule has 1 atom stereocenters. The van der Waals surface area contributed by atoms with E-state index in [1.54, 1.807) is 6.07 Å². The van der Waals surface area contributed by atoms with E-state index in [9.17, 15) is 9.90 Å². The topological polar surface area (TPSA) is 71.5 Å². The third-order valence-electron chi connectivity index (χ3n) is 2.85. The number of rotatable bonds is 7. The first-order valence-electron chi connectivity index (χ1n) is 6.30. The molecule has 0 spiro atoms. The van der Waals surface area contributed by atoms with Crippen LogP contribution in [0.2, 0.25) is 5.15 Å². The summed E-state index contributed by atoms with van der Waals surface area (Å²) < 4.78 is 5.34. The molecule has 2 N–H and O–H groups in total. The quantitative estimate of drug-likeness (QED) is 0.739. The maximum absolute atomic E-state index is 11.7. The molecule has 1 saturated carbocycles. The van der Waals surface area contributed by atoms with Crippen LogP contribution in [-0.2, 0) is 4.74 Å². The van der Waals surface area contributed by atoms with Crippen LogP contribution in [0.5, 0.6) is 0 Å². The smallest absolute Gasteiger partial charge is 0.251 e. The number of nitrogens with one attached hydrogen (secondary N) is 1. The molecule has 1 fully saturated rings. The third-order valence-corrected chi connectivity index (χ3v) is 3.05. The summed E-state index contributed by atoms with van der Waals surface area (Å²) in [6.07, 6.45) is 3.21. The van der Waals surface area contributed by atoms with Crippen LogP contribution in [0.15, 0.2) is 18.3 Å². The fourth-order valence-electron chi connectivity index (χ4n) is 1.57. The Balaban J connectivity index is 1.67. The highest BCUT2D eigenvalue weighted by Crippen LogP contribution is 2.28. The van der Waals surface area contributed by atoms with Gasteiger partial charge >= 0.3 is 0 Å². The predicted molar refractivity (Wildman–Crippen MR) is 71.1 cm³/mol. The molecule has 1 amide bonds. The summed E-state index contributed by atoms with van der Waals surface area (Å²) in [7, 11) is 0. The predicted octanol–water partition coefficient (Wildman–Crippen LogP) is 1.25. The van der Waals surface area contributed by atoms with Crippen LogP contribution in [0.25, 0.3) is 0 Å². The molecule has 0 aliphatic heterocycles. The van der Waals surface area contributed by atoms with Gasteiger partial charge in [0.05, 0.1) is 12.7 Å². The number of ether oxygens (including phenoxy) is 1. The largest absolute Gasteiger partial charge is 0.389 e. The molecule has 19 heavy (non-hydrogen) atoms. The summed E-state index contributed by atoms with van der Waals surface area (Å²) in [5.41, 5.74) is 0.422. The van der Waals surface area contributed by atoms with E-state index in [0.29, 0.717) is 18.1 Å². The van der Waals surface area contributed by atoms with Crippen LogP contribution in [0.1, 0.15) is 23.2 Å². The lowest BCUT2D eigenvalue weighted by Gasteiger charge is -2.12. The number of aliphatic hydroxyl groups excluding tert-OH is 1. The summed E-state index contributed by atoms with van der Waals surface area (Å²) in [5, 5.41) is 12.5. The fraction of sp³-hybridized carbons (Fsp3) is 0.538. The first kappa shape index (κ1) is 14.2. The SMILES string of the molecule is O=C(NCC(O)COCC1CC1)c1ccnc(Cl)c1. The van der Waals surface area contributed by atoms with Gasteiger partial charge < -0.3 is 15.2 Å². The molecule has 2 rings (SSSR count). The van der Waals surface area contributed by atoms with Gasteiger partial charge in [-0.25, -0.2) is 4.98 Å². The second kappa shape index (κ2) is 6.84. The number of pyridine rings is 1. The van der Waals surface area contributed by atoms with Crippen LogP contribution in [-0.4, -0.2) is 41.9 Å². The average Bonchev–Trinajstić information content (AvgIpc) is 3.20. The average molecular weight is 285 g/mol. The number of aliphatic hydroxyl groups is 1. The summed E-state index contributed by atoms with van der Waals surface area (Å²) in [6.45, 7) is 1.10. The Labute approximate surface area is 116 Å². The van der Waals surface area contributed by atoms with Crippen LogP contribution in [0.3, 0.4) is 0 Å². The lowest BCUT2D eigenvalue weighted by atomic mass is 10.2. The summed E-state index contributed by atoms with van der Waals surface area (Å²) in [4.78, 5) is 15.5. The standard InChI is InChI=1S/C13H17ClN2O3/c14-12-5-10(3-4-15-12)13(18)16-6-11(17)8-19-7-9-1-2-9/h3-5,9,11,17H,1-2,6-8H2,(H,16,18). The van der Waals surface area contributed by atoms with E-state index in [1.165, 1.54) is 25.1 Å². The highest BCUT2D eigenvalue weighted by molar-refractivity contribution is 6.29. The van der Waals surface area contributed by atoms with Crippen molar-refractivity contribution >= 4 is 17.5 Å². The number of carbonyl (C=O) groups is 1. The van der Waals surface area contributed by atoms with Crippen molar-refractivity contribution in [2.24, 2.45) is 5.92 Å². The van der Waals surface area contributed by atoms with Crippen molar-refractivity contribution in [3.63, 3.8) is 0 Å². The van der Waals surface area contributed by atoms with E-state index in [1.807, 2.05) is 0 Å². The number of amides is 1. The normalized spacial score (nSPS) is 16.1. The molecule has 0 bridgehead atoms. The molecular weight excluding hydrogens is 268 g/mol. The van der Waals surface area contributed by atoms with Crippen LogP contribution >= 0.6 is 11.6 Å². The van der Waals surface area contributed by atoms with Crippen LogP contribution in [0.4, 0.5) is 0 Å². The molecule has 104 valence electrons. The molecule has 1 aromatic heterocycles. The van der Waals surface area contributed by atoms with Crippen molar-refractivity contribution in [1.82, 2.24) is 10.3 Å². The molecule has 1 aliphatic rings. The highest BCUT2D eigenvalue weighted by atomic mass is 35.5. The molecule has 1 heterocycles. The number of hydrogen-bond donors (Lipinski definition) is 2. The minimum absolute atomic E-state index is 0.156. The monoisotopic (exact) mass is 284 g/mol. The van der Waals surface area contributed by atoms with E-state index in [4.69, 9.17) is 16.3 Å². The Hall–Kier alpha value is -1.17. The number of aromatic nitrogens is 1. The van der Waals surface area contributed by atoms with E-state index in [-0.39, 0.29) is 24.2 Å². The zero-order valence-corrected chi connectivity index (χ0v) is 11.3. The minimum atomic E-state index is -0.694. The molecule has 0 radical (unpaired) electrons. The molecule has 1 aliphatic carbocycles. The van der Waals surface area contributed by atoms with Gasteiger partial charge in [-0.1, -0.05) is 11.6 Å². The highest BCUT2D eigenvalue weighted by Gasteiger charge is 2.21. The number of hydrogen-bond acceptors (Lipinski definition) is 4. The molecule has 1 unspecified atom stereocenters. The van der Waals surface area contributed by atoms with E-state index >= 15 is 0 Å². The first-order valence-corrected chi connectivity index (χ1v) is 6.68. The van der Waals surface area contributed by atoms with Gasteiger partial charge in [0.15, 0.2) is 0 Å². The molecule has 6 heteroatoms. The van der Waals surface area contributed by atoms with Crippen molar-refractivity contribution in [2.75, 3.05) is 19.8 Å². The van der Waals surface area contributed by atoms with Gasteiger partial charge in [-0.05, 0) is 30.9 Å². The Bertz CT molecular complexity index is 438. The second-order valence-electron chi connectivity index (χ2n) is 4.71. The van der Waals surface area contributed by atoms with E-state index in [0.717, 1.165) is 0 Å². The maximum Gasteiger partial charge on any atom is 0.251 e. The van der Waals surface area contributed by atoms with Crippen molar-refractivity contribution in [3.05, 3.63) is 29.0 Å². The lowest BCUT2D eigenvalue weighted by molar-refractivity contribution is 0.0320. The summed E-state index contributed by atoms with van der Waals surface area (Å²) in [6, 6.07) is 3.05. The van der Waals surface area contributed by atoms with Gasteiger partial charge in [-0.15, -0.1) is 0 Å². The van der Waals surface area contributed by atoms with Gasteiger partial charge in [0, 0.05) is 24.9 Å². The Morgan fingerprint density at radius 3 is 3.11 bits per heavy atom. The third kappa shape index (κ3) is 5.14. The number of carbonyl (C=O) groups excluding carboxylic acids is 1. The number of nitrogens with zero attached hydrogens (tertiary/aromatic N) is 1. The zero-order chi connectivity index (χ0) is 13.7. The lowest BCUT2D eigenvalue weighted by Crippen LogP contribution is -2.34. The molecular formula is C13H17ClN2O3. The van der Waals surface area contributed by atoms with Crippen molar-refractivity contribution in [2.45, 2.75) is 18.9 Å². The minimum Gasteiger partial charge on any atom is -0.389 e. The first-order chi connectivity index (χ1) is 9.15. The Morgan fingerprint density at radius 2 is 2.42 bits per heavy atom. The van der Waals surface area contributed by atoms with Crippen molar-refractivity contribution in [1.29, 1.82) is 0 Å². The van der Waals surface area contributed by atoms with E-state index in [2.05, 4.69) is 10.3 Å².